The van der Waals surface area contributed by atoms with Crippen LogP contribution in [0.5, 0.6) is 5.75 Å². The number of hydrogen-bond acceptors (Lipinski definition) is 5. The summed E-state index contributed by atoms with van der Waals surface area (Å²) in [7, 11) is 0. The van der Waals surface area contributed by atoms with Gasteiger partial charge in [0.1, 0.15) is 5.75 Å². The predicted octanol–water partition coefficient (Wildman–Crippen LogP) is 5.38. The van der Waals surface area contributed by atoms with Crippen LogP contribution in [0.2, 0.25) is 0 Å². The molecule has 2 saturated heterocycles. The second-order valence-corrected chi connectivity index (χ2v) is 12.0. The number of rotatable bonds is 4. The number of hydrogen-bond donors (Lipinski definition) is 1. The van der Waals surface area contributed by atoms with Crippen LogP contribution in [0.15, 0.2) is 49.1 Å². The lowest BCUT2D eigenvalue weighted by Gasteiger charge is -2.47. The molecular weight excluding hydrogens is 486 g/mol. The van der Waals surface area contributed by atoms with Gasteiger partial charge in [0, 0.05) is 36.2 Å². The van der Waals surface area contributed by atoms with Crippen molar-refractivity contribution < 1.29 is 18.7 Å². The molecule has 3 aromatic rings. The summed E-state index contributed by atoms with van der Waals surface area (Å²) >= 11 is 0. The van der Waals surface area contributed by atoms with E-state index >= 15 is 0 Å². The molecular formula is C30H32F2N4O2. The van der Waals surface area contributed by atoms with E-state index in [4.69, 9.17) is 9.97 Å². The van der Waals surface area contributed by atoms with Gasteiger partial charge in [-0.05, 0) is 60.1 Å². The van der Waals surface area contributed by atoms with E-state index in [1.165, 1.54) is 6.08 Å². The maximum Gasteiger partial charge on any atom is 0.258 e. The van der Waals surface area contributed by atoms with Gasteiger partial charge in [0.15, 0.2) is 0 Å². The van der Waals surface area contributed by atoms with E-state index in [1.54, 1.807) is 21.9 Å². The number of nitrogens with zero attached hydrogens (tertiary/aromatic N) is 4. The number of likely N-dealkylation sites (tertiary alicyclic amines) is 1. The number of alkyl halides is 2. The third-order valence-corrected chi connectivity index (χ3v) is 8.52. The number of carbonyl (C=O) groups excluding carboxylic acids is 1. The molecule has 3 aliphatic rings. The summed E-state index contributed by atoms with van der Waals surface area (Å²) in [4.78, 5) is 25.3. The van der Waals surface area contributed by atoms with Crippen molar-refractivity contribution in [2.24, 2.45) is 10.8 Å². The smallest absolute Gasteiger partial charge is 0.258 e. The molecule has 6 nitrogen and oxygen atoms in total. The first-order valence-electron chi connectivity index (χ1n) is 13.2. The predicted molar refractivity (Wildman–Crippen MR) is 143 cm³/mol. The van der Waals surface area contributed by atoms with E-state index in [1.807, 2.05) is 24.3 Å². The van der Waals surface area contributed by atoms with E-state index in [-0.39, 0.29) is 23.5 Å². The second-order valence-electron chi connectivity index (χ2n) is 12.0. The van der Waals surface area contributed by atoms with E-state index in [9.17, 15) is 18.7 Å². The van der Waals surface area contributed by atoms with E-state index in [0.717, 1.165) is 46.9 Å². The van der Waals surface area contributed by atoms with Gasteiger partial charge in [-0.25, -0.2) is 18.7 Å². The lowest BCUT2D eigenvalue weighted by Crippen LogP contribution is -2.59. The Bertz CT molecular complexity index is 1450. The van der Waals surface area contributed by atoms with E-state index in [0.29, 0.717) is 31.3 Å². The maximum absolute atomic E-state index is 14.4. The van der Waals surface area contributed by atoms with Crippen LogP contribution >= 0.6 is 0 Å². The quantitative estimate of drug-likeness (QED) is 0.470. The van der Waals surface area contributed by atoms with Crippen molar-refractivity contribution in [1.82, 2.24) is 14.9 Å². The zero-order chi connectivity index (χ0) is 26.8. The Morgan fingerprint density at radius 2 is 1.95 bits per heavy atom. The number of phenolic OH excluding ortho intramolecular Hbond substituents is 1. The third-order valence-electron chi connectivity index (χ3n) is 8.52. The third kappa shape index (κ3) is 4.10. The van der Waals surface area contributed by atoms with Crippen molar-refractivity contribution in [1.29, 1.82) is 0 Å². The summed E-state index contributed by atoms with van der Waals surface area (Å²) in [6, 6.07) is 10.2. The first-order valence-corrected chi connectivity index (χ1v) is 13.2. The normalized spacial score (nSPS) is 21.6. The summed E-state index contributed by atoms with van der Waals surface area (Å²) in [5, 5.41) is 12.4. The van der Waals surface area contributed by atoms with Gasteiger partial charge in [-0.15, -0.1) is 0 Å². The van der Waals surface area contributed by atoms with Crippen molar-refractivity contribution in [3.8, 4) is 17.0 Å². The minimum Gasteiger partial charge on any atom is -0.508 e. The van der Waals surface area contributed by atoms with Crippen molar-refractivity contribution in [3.05, 3.63) is 60.3 Å². The number of aromatic hydroxyl groups is 1. The highest BCUT2D eigenvalue weighted by molar-refractivity contribution is 5.98. The van der Waals surface area contributed by atoms with Crippen LogP contribution in [0.3, 0.4) is 0 Å². The molecule has 1 atom stereocenters. The molecule has 1 spiro atoms. The Kier molecular flexibility index (Phi) is 5.70. The first-order chi connectivity index (χ1) is 18.1. The van der Waals surface area contributed by atoms with Crippen molar-refractivity contribution in [2.45, 2.75) is 52.0 Å². The molecule has 198 valence electrons. The molecule has 1 N–H and O–H groups in total. The number of phenols is 1. The Hall–Kier alpha value is -3.55. The molecule has 0 bridgehead atoms. The van der Waals surface area contributed by atoms with Crippen LogP contribution in [-0.2, 0) is 17.6 Å². The zero-order valence-corrected chi connectivity index (χ0v) is 21.8. The highest BCUT2D eigenvalue weighted by Gasteiger charge is 2.55. The number of fused-ring (bicyclic) bond motifs is 2. The largest absolute Gasteiger partial charge is 0.508 e. The standard InChI is InChI=1S/C30H32F2N4O2/c1-4-25(38)35-15-30(16-35)14-24(27(31)32)36(17-30)28-33-23-13-29(2,3)10-9-21(23)26(34-28)22-12-19(37)11-18-7-5-6-8-20(18)22/h4-8,11-12,24,27,37H,1,9-10,13-17H2,2-3H3/t24-/m1/s1. The Labute approximate surface area is 221 Å². The fourth-order valence-electron chi connectivity index (χ4n) is 6.59. The Morgan fingerprint density at radius 1 is 1.18 bits per heavy atom. The molecule has 2 aromatic carbocycles. The van der Waals surface area contributed by atoms with Gasteiger partial charge in [0.25, 0.3) is 6.43 Å². The second kappa shape index (κ2) is 8.75. The molecule has 6 rings (SSSR count). The zero-order valence-electron chi connectivity index (χ0n) is 21.8. The molecule has 8 heteroatoms. The Morgan fingerprint density at radius 3 is 2.68 bits per heavy atom. The van der Waals surface area contributed by atoms with Crippen LogP contribution in [-0.4, -0.2) is 58.0 Å². The minimum atomic E-state index is -2.57. The van der Waals surface area contributed by atoms with Crippen molar-refractivity contribution in [2.75, 3.05) is 24.5 Å². The lowest BCUT2D eigenvalue weighted by molar-refractivity contribution is -0.136. The van der Waals surface area contributed by atoms with Crippen LogP contribution in [0.1, 0.15) is 37.9 Å². The number of halogens is 2. The number of benzene rings is 2. The monoisotopic (exact) mass is 518 g/mol. The van der Waals surface area contributed by atoms with Gasteiger partial charge < -0.3 is 14.9 Å². The summed E-state index contributed by atoms with van der Waals surface area (Å²) < 4.78 is 28.8. The summed E-state index contributed by atoms with van der Waals surface area (Å²) in [5.74, 6) is 0.267. The van der Waals surface area contributed by atoms with Crippen LogP contribution < -0.4 is 4.90 Å². The molecule has 0 radical (unpaired) electrons. The average Bonchev–Trinajstić information content (AvgIpc) is 3.27. The fraction of sp³-hybridized carbons (Fsp3) is 0.433. The van der Waals surface area contributed by atoms with E-state index < -0.39 is 17.9 Å². The molecule has 2 aliphatic heterocycles. The average molecular weight is 519 g/mol. The van der Waals surface area contributed by atoms with Gasteiger partial charge in [0.05, 0.1) is 17.4 Å². The maximum atomic E-state index is 14.4. The van der Waals surface area contributed by atoms with Crippen LogP contribution in [0, 0.1) is 10.8 Å². The number of aromatic nitrogens is 2. The number of anilines is 1. The lowest BCUT2D eigenvalue weighted by atomic mass is 9.75. The SMILES string of the molecule is C=CC(=O)N1CC2(C[C@H](C(F)F)N(c3nc4c(c(-c5cc(O)cc6ccccc56)n3)CCC(C)(C)C4)C2)C1. The summed E-state index contributed by atoms with van der Waals surface area (Å²) in [6.07, 6.45) is 1.45. The van der Waals surface area contributed by atoms with Gasteiger partial charge in [0.2, 0.25) is 11.9 Å². The fourth-order valence-corrected chi connectivity index (χ4v) is 6.59. The topological polar surface area (TPSA) is 69.6 Å². The molecule has 1 aromatic heterocycles. The molecule has 2 fully saturated rings. The summed E-state index contributed by atoms with van der Waals surface area (Å²) in [6.45, 7) is 9.17. The highest BCUT2D eigenvalue weighted by Crippen LogP contribution is 2.47. The number of carbonyl (C=O) groups is 1. The van der Waals surface area contributed by atoms with Crippen molar-refractivity contribution >= 4 is 22.6 Å². The van der Waals surface area contributed by atoms with Crippen LogP contribution in [0.25, 0.3) is 22.0 Å². The molecule has 0 saturated carbocycles. The van der Waals surface area contributed by atoms with Gasteiger partial charge in [-0.2, -0.15) is 0 Å². The van der Waals surface area contributed by atoms with Gasteiger partial charge in [-0.3, -0.25) is 4.79 Å². The highest BCUT2D eigenvalue weighted by atomic mass is 19.3. The molecule has 0 unspecified atom stereocenters. The Balaban J connectivity index is 1.48. The van der Waals surface area contributed by atoms with Crippen LogP contribution in [0.4, 0.5) is 14.7 Å². The first kappa shape index (κ1) is 24.8. The van der Waals surface area contributed by atoms with Crippen molar-refractivity contribution in [3.63, 3.8) is 0 Å². The number of amides is 1. The van der Waals surface area contributed by atoms with E-state index in [2.05, 4.69) is 20.4 Å². The van der Waals surface area contributed by atoms with Gasteiger partial charge in [-0.1, -0.05) is 44.7 Å². The summed E-state index contributed by atoms with van der Waals surface area (Å²) in [5.41, 5.74) is 3.03. The minimum absolute atomic E-state index is 0.0324. The molecule has 1 amide bonds. The molecule has 38 heavy (non-hydrogen) atoms. The van der Waals surface area contributed by atoms with Gasteiger partial charge >= 0.3 is 0 Å². The molecule has 1 aliphatic carbocycles. The molecule has 3 heterocycles.